The van der Waals surface area contributed by atoms with E-state index in [1.165, 1.54) is 19.7 Å². The fourth-order valence-corrected chi connectivity index (χ4v) is 2.62. The van der Waals surface area contributed by atoms with Gasteiger partial charge < -0.3 is 14.8 Å². The van der Waals surface area contributed by atoms with Crippen LogP contribution in [0.3, 0.4) is 0 Å². The zero-order valence-electron chi connectivity index (χ0n) is 13.0. The minimum Gasteiger partial charge on any atom is -0.481 e. The van der Waals surface area contributed by atoms with E-state index in [2.05, 4.69) is 17.2 Å². The summed E-state index contributed by atoms with van der Waals surface area (Å²) in [6, 6.07) is 3.30. The fourth-order valence-electron chi connectivity index (χ4n) is 2.62. The first-order valence-electron chi connectivity index (χ1n) is 7.56. The second-order valence-electron chi connectivity index (χ2n) is 5.60. The van der Waals surface area contributed by atoms with Gasteiger partial charge in [0.2, 0.25) is 5.88 Å². The van der Waals surface area contributed by atoms with Crippen molar-refractivity contribution >= 4 is 11.9 Å². The van der Waals surface area contributed by atoms with E-state index in [1.54, 1.807) is 12.1 Å². The van der Waals surface area contributed by atoms with E-state index >= 15 is 0 Å². The van der Waals surface area contributed by atoms with Crippen LogP contribution in [0, 0.1) is 5.92 Å². The Balaban J connectivity index is 1.78. The third-order valence-corrected chi connectivity index (χ3v) is 3.97. The van der Waals surface area contributed by atoms with Crippen molar-refractivity contribution in [1.29, 1.82) is 0 Å². The van der Waals surface area contributed by atoms with Gasteiger partial charge in [0.1, 0.15) is 0 Å². The Morgan fingerprint density at radius 3 is 2.73 bits per heavy atom. The molecule has 1 saturated carbocycles. The molecule has 120 valence electrons. The lowest BCUT2D eigenvalue weighted by Gasteiger charge is -2.29. The number of pyridine rings is 1. The third kappa shape index (κ3) is 4.44. The average molecular weight is 306 g/mol. The molecule has 22 heavy (non-hydrogen) atoms. The number of carbonyl (C=O) groups is 2. The molecule has 2 rings (SSSR count). The normalized spacial score (nSPS) is 21.0. The van der Waals surface area contributed by atoms with Crippen LogP contribution in [0.5, 0.6) is 5.88 Å². The van der Waals surface area contributed by atoms with Gasteiger partial charge in [-0.25, -0.2) is 9.78 Å². The lowest BCUT2D eigenvalue weighted by atomic mass is 9.86. The molecule has 6 heteroatoms. The molecule has 1 aromatic rings. The molecule has 0 saturated heterocycles. The van der Waals surface area contributed by atoms with Crippen molar-refractivity contribution < 1.29 is 19.1 Å². The fraction of sp³-hybridized carbons (Fsp3) is 0.562. The Morgan fingerprint density at radius 2 is 2.09 bits per heavy atom. The molecular weight excluding hydrogens is 284 g/mol. The van der Waals surface area contributed by atoms with Crippen LogP contribution in [-0.4, -0.2) is 36.6 Å². The van der Waals surface area contributed by atoms with Crippen LogP contribution in [0.15, 0.2) is 18.3 Å². The van der Waals surface area contributed by atoms with Crippen molar-refractivity contribution in [3.8, 4) is 5.88 Å². The number of nitrogens with one attached hydrogen (secondary N) is 1. The van der Waals surface area contributed by atoms with E-state index in [0.29, 0.717) is 17.4 Å². The van der Waals surface area contributed by atoms with Gasteiger partial charge in [-0.1, -0.05) is 19.8 Å². The first-order valence-corrected chi connectivity index (χ1v) is 7.56. The van der Waals surface area contributed by atoms with E-state index in [-0.39, 0.29) is 18.6 Å². The van der Waals surface area contributed by atoms with Gasteiger partial charge in [-0.2, -0.15) is 0 Å². The number of ether oxygens (including phenoxy) is 2. The van der Waals surface area contributed by atoms with Crippen molar-refractivity contribution in [2.75, 3.05) is 13.7 Å². The number of carbonyl (C=O) groups excluding carboxylic acids is 2. The number of methoxy groups -OCH3 is 1. The second kappa shape index (κ2) is 7.77. The maximum absolute atomic E-state index is 11.9. The zero-order chi connectivity index (χ0) is 15.9. The lowest BCUT2D eigenvalue weighted by molar-refractivity contribution is -0.125. The van der Waals surface area contributed by atoms with Crippen molar-refractivity contribution in [3.05, 3.63) is 23.9 Å². The van der Waals surface area contributed by atoms with Crippen LogP contribution in [0.1, 0.15) is 43.0 Å². The smallest absolute Gasteiger partial charge is 0.340 e. The molecule has 0 aromatic carbocycles. The first kappa shape index (κ1) is 16.3. The summed E-state index contributed by atoms with van der Waals surface area (Å²) in [6.45, 7) is 1.87. The van der Waals surface area contributed by atoms with E-state index in [0.717, 1.165) is 19.3 Å². The lowest BCUT2D eigenvalue weighted by Crippen LogP contribution is -2.42. The predicted molar refractivity (Wildman–Crippen MR) is 80.6 cm³/mol. The van der Waals surface area contributed by atoms with E-state index in [4.69, 9.17) is 9.47 Å². The van der Waals surface area contributed by atoms with Crippen molar-refractivity contribution in [3.63, 3.8) is 0 Å². The van der Waals surface area contributed by atoms with Crippen molar-refractivity contribution in [2.24, 2.45) is 5.92 Å². The van der Waals surface area contributed by atoms with Crippen molar-refractivity contribution in [2.45, 2.75) is 38.6 Å². The Hall–Kier alpha value is -2.11. The molecule has 0 unspecified atom stereocenters. The van der Waals surface area contributed by atoms with E-state index in [1.807, 2.05) is 0 Å². The Morgan fingerprint density at radius 1 is 1.32 bits per heavy atom. The molecule has 0 aliphatic heterocycles. The monoisotopic (exact) mass is 306 g/mol. The number of esters is 1. The molecule has 1 heterocycles. The van der Waals surface area contributed by atoms with E-state index in [9.17, 15) is 9.59 Å². The third-order valence-electron chi connectivity index (χ3n) is 3.97. The topological polar surface area (TPSA) is 77.5 Å². The number of amides is 1. The van der Waals surface area contributed by atoms with Crippen molar-refractivity contribution in [1.82, 2.24) is 10.3 Å². The number of rotatable bonds is 5. The molecule has 1 aliphatic carbocycles. The zero-order valence-corrected chi connectivity index (χ0v) is 13.0. The molecule has 0 bridgehead atoms. The van der Waals surface area contributed by atoms with Gasteiger partial charge in [-0.15, -0.1) is 0 Å². The summed E-state index contributed by atoms with van der Waals surface area (Å²) in [5, 5.41) is 2.94. The molecule has 1 N–H and O–H groups in total. The van der Waals surface area contributed by atoms with Gasteiger partial charge in [0, 0.05) is 18.3 Å². The van der Waals surface area contributed by atoms with Gasteiger partial charge in [0.05, 0.1) is 12.7 Å². The highest BCUT2D eigenvalue weighted by molar-refractivity contribution is 5.91. The summed E-state index contributed by atoms with van der Waals surface area (Å²) in [4.78, 5) is 27.6. The van der Waals surface area contributed by atoms with Crippen LogP contribution in [-0.2, 0) is 9.53 Å². The summed E-state index contributed by atoms with van der Waals surface area (Å²) in [6.07, 6.45) is 5.83. The van der Waals surface area contributed by atoms with Gasteiger partial charge in [0.25, 0.3) is 5.91 Å². The summed E-state index contributed by atoms with van der Waals surface area (Å²) in [7, 11) is 1.50. The number of nitrogens with zero attached hydrogens (tertiary/aromatic N) is 1. The highest BCUT2D eigenvalue weighted by Gasteiger charge is 2.23. The van der Waals surface area contributed by atoms with Gasteiger partial charge in [-0.3, -0.25) is 4.79 Å². The molecule has 0 spiro atoms. The summed E-state index contributed by atoms with van der Waals surface area (Å²) in [5.74, 6) is 0.0651. The van der Waals surface area contributed by atoms with Gasteiger partial charge in [0.15, 0.2) is 6.61 Å². The molecular formula is C16H22N2O4. The van der Waals surface area contributed by atoms with Gasteiger partial charge in [-0.05, 0) is 24.8 Å². The highest BCUT2D eigenvalue weighted by Crippen LogP contribution is 2.23. The quantitative estimate of drug-likeness (QED) is 0.841. The molecule has 2 atom stereocenters. The van der Waals surface area contributed by atoms with Crippen LogP contribution < -0.4 is 10.1 Å². The van der Waals surface area contributed by atoms with Crippen LogP contribution >= 0.6 is 0 Å². The molecule has 1 amide bonds. The molecule has 1 fully saturated rings. The highest BCUT2D eigenvalue weighted by atomic mass is 16.5. The predicted octanol–water partition coefficient (Wildman–Crippen LogP) is 1.94. The molecule has 6 nitrogen and oxygen atoms in total. The molecule has 1 aliphatic rings. The molecule has 1 aromatic heterocycles. The maximum Gasteiger partial charge on any atom is 0.340 e. The molecule has 0 radical (unpaired) electrons. The Bertz CT molecular complexity index is 515. The minimum absolute atomic E-state index is 0.183. The minimum atomic E-state index is -0.568. The second-order valence-corrected chi connectivity index (χ2v) is 5.60. The summed E-state index contributed by atoms with van der Waals surface area (Å²) >= 11 is 0. The summed E-state index contributed by atoms with van der Waals surface area (Å²) in [5.41, 5.74) is 0.291. The van der Waals surface area contributed by atoms with Crippen LogP contribution in [0.4, 0.5) is 0 Å². The Labute approximate surface area is 130 Å². The number of hydrogen-bond donors (Lipinski definition) is 1. The van der Waals surface area contributed by atoms with Crippen LogP contribution in [0.25, 0.3) is 0 Å². The van der Waals surface area contributed by atoms with Gasteiger partial charge >= 0.3 is 5.97 Å². The first-order chi connectivity index (χ1) is 10.6. The standard InChI is InChI=1S/C16H22N2O4/c1-11-5-3-4-6-13(11)18-14(19)10-22-16(20)12-7-8-15(21-2)17-9-12/h7-9,11,13H,3-6,10H2,1-2H3,(H,18,19)/t11-,13-/m0/s1. The maximum atomic E-state index is 11.9. The van der Waals surface area contributed by atoms with E-state index < -0.39 is 5.97 Å². The SMILES string of the molecule is COc1ccc(C(=O)OCC(=O)N[C@H]2CCCC[C@@H]2C)cn1. The summed E-state index contributed by atoms with van der Waals surface area (Å²) < 4.78 is 9.92. The Kier molecular flexibility index (Phi) is 5.75. The number of hydrogen-bond acceptors (Lipinski definition) is 5. The largest absolute Gasteiger partial charge is 0.481 e. The number of aromatic nitrogens is 1. The van der Waals surface area contributed by atoms with Crippen LogP contribution in [0.2, 0.25) is 0 Å². The average Bonchev–Trinajstić information content (AvgIpc) is 2.55.